The lowest BCUT2D eigenvalue weighted by molar-refractivity contribution is 0.536. The number of alkyl halides is 1. The first-order valence-corrected chi connectivity index (χ1v) is 11.2. The van der Waals surface area contributed by atoms with Gasteiger partial charge in [-0.05, 0) is 48.7 Å². The van der Waals surface area contributed by atoms with Gasteiger partial charge in [-0.1, -0.05) is 71.8 Å². The summed E-state index contributed by atoms with van der Waals surface area (Å²) in [4.78, 5) is 0.219. The Hall–Kier alpha value is -1.85. The summed E-state index contributed by atoms with van der Waals surface area (Å²) in [5, 5.41) is 0.0464. The van der Waals surface area contributed by atoms with Gasteiger partial charge in [0, 0.05) is 11.1 Å². The van der Waals surface area contributed by atoms with Gasteiger partial charge in [0.15, 0.2) is 0 Å². The fourth-order valence-corrected chi connectivity index (χ4v) is 4.68. The van der Waals surface area contributed by atoms with Crippen LogP contribution in [0.2, 0.25) is 5.02 Å². The van der Waals surface area contributed by atoms with Crippen LogP contribution in [0.5, 0.6) is 0 Å². The highest BCUT2D eigenvalue weighted by Gasteiger charge is 2.27. The van der Waals surface area contributed by atoms with E-state index in [1.165, 1.54) is 0 Å². The Morgan fingerprint density at radius 1 is 0.893 bits per heavy atom. The molecule has 0 radical (unpaired) electrons. The number of hydrogen-bond acceptors (Lipinski definition) is 2. The third kappa shape index (κ3) is 5.36. The minimum Gasteiger partial charge on any atom is -0.207 e. The quantitative estimate of drug-likeness (QED) is 0.498. The molecule has 0 bridgehead atoms. The summed E-state index contributed by atoms with van der Waals surface area (Å²) in [5.41, 5.74) is 2.80. The van der Waals surface area contributed by atoms with E-state index >= 15 is 0 Å². The molecule has 0 amide bonds. The van der Waals surface area contributed by atoms with Crippen molar-refractivity contribution in [2.45, 2.75) is 29.7 Å². The Balaban J connectivity index is 1.91. The highest BCUT2D eigenvalue weighted by Crippen LogP contribution is 2.29. The molecule has 1 N–H and O–H groups in total. The molecule has 3 aromatic rings. The average molecular weight is 434 g/mol. The van der Waals surface area contributed by atoms with E-state index in [0.717, 1.165) is 16.7 Å². The standard InChI is InChI=1S/C22H21Cl2NO2S/c1-16-7-13-20(14-8-16)28(26,27)25-21(15-17-5-3-2-4-6-17)22(24)18-9-11-19(23)12-10-18/h2-14,21-22,25H,15H2,1H3/t21-,22+/m1/s1. The van der Waals surface area contributed by atoms with E-state index in [0.29, 0.717) is 11.4 Å². The number of rotatable bonds is 7. The van der Waals surface area contributed by atoms with Gasteiger partial charge < -0.3 is 0 Å². The van der Waals surface area contributed by atoms with Crippen LogP contribution in [0.25, 0.3) is 0 Å². The fraction of sp³-hybridized carbons (Fsp3) is 0.182. The van der Waals surface area contributed by atoms with Crippen LogP contribution in [0.15, 0.2) is 83.8 Å². The molecule has 0 saturated carbocycles. The van der Waals surface area contributed by atoms with Gasteiger partial charge in [-0.25, -0.2) is 13.1 Å². The number of halogens is 2. The molecule has 0 unspecified atom stereocenters. The van der Waals surface area contributed by atoms with E-state index in [4.69, 9.17) is 23.2 Å². The van der Waals surface area contributed by atoms with Crippen molar-refractivity contribution >= 4 is 33.2 Å². The Bertz CT molecular complexity index is 1000. The highest BCUT2D eigenvalue weighted by atomic mass is 35.5. The minimum atomic E-state index is -3.72. The molecular weight excluding hydrogens is 413 g/mol. The van der Waals surface area contributed by atoms with Gasteiger partial charge in [0.1, 0.15) is 0 Å². The van der Waals surface area contributed by atoms with Crippen molar-refractivity contribution in [3.63, 3.8) is 0 Å². The lowest BCUT2D eigenvalue weighted by Gasteiger charge is -2.24. The maximum Gasteiger partial charge on any atom is 0.240 e. The molecule has 146 valence electrons. The molecule has 0 aliphatic heterocycles. The van der Waals surface area contributed by atoms with Crippen LogP contribution in [-0.2, 0) is 16.4 Å². The van der Waals surface area contributed by atoms with Gasteiger partial charge in [-0.3, -0.25) is 0 Å². The van der Waals surface area contributed by atoms with Gasteiger partial charge in [0.2, 0.25) is 10.0 Å². The lowest BCUT2D eigenvalue weighted by Crippen LogP contribution is -2.39. The Kier molecular flexibility index (Phi) is 6.78. The number of nitrogens with one attached hydrogen (secondary N) is 1. The van der Waals surface area contributed by atoms with E-state index in [2.05, 4.69) is 4.72 Å². The van der Waals surface area contributed by atoms with Crippen LogP contribution >= 0.6 is 23.2 Å². The van der Waals surface area contributed by atoms with Crippen LogP contribution in [0.4, 0.5) is 0 Å². The zero-order chi connectivity index (χ0) is 20.1. The first-order chi connectivity index (χ1) is 13.3. The van der Waals surface area contributed by atoms with E-state index in [1.54, 1.807) is 36.4 Å². The van der Waals surface area contributed by atoms with Crippen LogP contribution in [-0.4, -0.2) is 14.5 Å². The molecule has 3 rings (SSSR count). The van der Waals surface area contributed by atoms with E-state index in [-0.39, 0.29) is 4.90 Å². The summed E-state index contributed by atoms with van der Waals surface area (Å²) >= 11 is 12.7. The molecule has 28 heavy (non-hydrogen) atoms. The highest BCUT2D eigenvalue weighted by molar-refractivity contribution is 7.89. The van der Waals surface area contributed by atoms with Gasteiger partial charge in [-0.2, -0.15) is 0 Å². The maximum atomic E-state index is 12.9. The van der Waals surface area contributed by atoms with Crippen molar-refractivity contribution in [1.29, 1.82) is 0 Å². The van der Waals surface area contributed by atoms with Crippen LogP contribution < -0.4 is 4.72 Å². The number of benzene rings is 3. The van der Waals surface area contributed by atoms with Crippen LogP contribution in [0.3, 0.4) is 0 Å². The molecule has 0 saturated heterocycles. The summed E-state index contributed by atoms with van der Waals surface area (Å²) in [7, 11) is -3.72. The third-order valence-corrected chi connectivity index (χ3v) is 6.79. The third-order valence-electron chi connectivity index (χ3n) is 4.48. The molecule has 0 aromatic heterocycles. The van der Waals surface area contributed by atoms with Crippen molar-refractivity contribution in [1.82, 2.24) is 4.72 Å². The second kappa shape index (κ2) is 9.10. The van der Waals surface area contributed by atoms with Gasteiger partial charge in [0.05, 0.1) is 10.3 Å². The molecule has 0 aliphatic rings. The summed E-state index contributed by atoms with van der Waals surface area (Å²) in [6.45, 7) is 1.91. The first kappa shape index (κ1) is 20.9. The molecule has 0 fully saturated rings. The number of sulfonamides is 1. The number of aryl methyl sites for hydroxylation is 1. The van der Waals surface area contributed by atoms with Gasteiger partial charge in [-0.15, -0.1) is 11.6 Å². The van der Waals surface area contributed by atoms with Crippen molar-refractivity contribution in [3.05, 3.63) is 101 Å². The molecule has 3 nitrogen and oxygen atoms in total. The zero-order valence-corrected chi connectivity index (χ0v) is 17.7. The fourth-order valence-electron chi connectivity index (χ4n) is 2.94. The van der Waals surface area contributed by atoms with Crippen molar-refractivity contribution in [2.75, 3.05) is 0 Å². The molecule has 0 aliphatic carbocycles. The SMILES string of the molecule is Cc1ccc(S(=O)(=O)N[C@H](Cc2ccccc2)[C@@H](Cl)c2ccc(Cl)cc2)cc1. The Morgan fingerprint density at radius 3 is 2.11 bits per heavy atom. The second-order valence-corrected chi connectivity index (χ2v) is 9.30. The van der Waals surface area contributed by atoms with Crippen molar-refractivity contribution in [2.24, 2.45) is 0 Å². The van der Waals surface area contributed by atoms with E-state index < -0.39 is 21.4 Å². The van der Waals surface area contributed by atoms with E-state index in [1.807, 2.05) is 49.4 Å². The molecule has 2 atom stereocenters. The summed E-state index contributed by atoms with van der Waals surface area (Å²) < 4.78 is 28.7. The van der Waals surface area contributed by atoms with Crippen molar-refractivity contribution in [3.8, 4) is 0 Å². The normalized spacial score (nSPS) is 13.8. The minimum absolute atomic E-state index is 0.219. The van der Waals surface area contributed by atoms with Gasteiger partial charge >= 0.3 is 0 Å². The maximum absolute atomic E-state index is 12.9. The first-order valence-electron chi connectivity index (χ1n) is 8.87. The van der Waals surface area contributed by atoms with E-state index in [9.17, 15) is 8.42 Å². The van der Waals surface area contributed by atoms with Gasteiger partial charge in [0.25, 0.3) is 0 Å². The topological polar surface area (TPSA) is 46.2 Å². The summed E-state index contributed by atoms with van der Waals surface area (Å²) in [6, 6.07) is 23.0. The Morgan fingerprint density at radius 2 is 1.50 bits per heavy atom. The molecule has 0 spiro atoms. The predicted octanol–water partition coefficient (Wildman–Crippen LogP) is 5.52. The molecule has 3 aromatic carbocycles. The predicted molar refractivity (Wildman–Crippen MR) is 115 cm³/mol. The zero-order valence-electron chi connectivity index (χ0n) is 15.3. The largest absolute Gasteiger partial charge is 0.240 e. The summed E-state index contributed by atoms with van der Waals surface area (Å²) in [6.07, 6.45) is 0.461. The molecule has 6 heteroatoms. The lowest BCUT2D eigenvalue weighted by atomic mass is 9.99. The molecule has 0 heterocycles. The summed E-state index contributed by atoms with van der Waals surface area (Å²) in [5.74, 6) is 0. The smallest absolute Gasteiger partial charge is 0.207 e. The monoisotopic (exact) mass is 433 g/mol. The second-order valence-electron chi connectivity index (χ2n) is 6.68. The van der Waals surface area contributed by atoms with Crippen LogP contribution in [0.1, 0.15) is 22.1 Å². The average Bonchev–Trinajstić information content (AvgIpc) is 2.68. The Labute approximate surface area is 176 Å². The molecular formula is C22H21Cl2NO2S. The van der Waals surface area contributed by atoms with Crippen molar-refractivity contribution < 1.29 is 8.42 Å². The van der Waals surface area contributed by atoms with Crippen LogP contribution in [0, 0.1) is 6.92 Å². The number of hydrogen-bond donors (Lipinski definition) is 1.